The highest BCUT2D eigenvalue weighted by Crippen LogP contribution is 2.33. The van der Waals surface area contributed by atoms with Gasteiger partial charge in [-0.05, 0) is 24.3 Å². The summed E-state index contributed by atoms with van der Waals surface area (Å²) in [4.78, 5) is 4.39. The number of methoxy groups -OCH3 is 2. The first-order chi connectivity index (χ1) is 12.8. The van der Waals surface area contributed by atoms with Crippen molar-refractivity contribution in [3.63, 3.8) is 0 Å². The summed E-state index contributed by atoms with van der Waals surface area (Å²) in [5.41, 5.74) is 1.65. The highest BCUT2D eigenvalue weighted by Gasteiger charge is 2.09. The van der Waals surface area contributed by atoms with Crippen molar-refractivity contribution in [1.82, 2.24) is 14.8 Å². The van der Waals surface area contributed by atoms with Crippen LogP contribution in [0.4, 0.5) is 0 Å². The highest BCUT2D eigenvalue weighted by molar-refractivity contribution is 5.86. The maximum Gasteiger partial charge on any atom is 0.138 e. The lowest BCUT2D eigenvalue weighted by Crippen LogP contribution is -1.97. The van der Waals surface area contributed by atoms with Gasteiger partial charge in [0.2, 0.25) is 0 Å². The molecule has 0 fully saturated rings. The maximum absolute atomic E-state index is 6.14. The van der Waals surface area contributed by atoms with Crippen LogP contribution in [0.15, 0.2) is 67.1 Å². The number of hydrogen-bond donors (Lipinski definition) is 0. The third-order valence-electron chi connectivity index (χ3n) is 4.01. The van der Waals surface area contributed by atoms with Crippen LogP contribution in [0.3, 0.4) is 0 Å². The van der Waals surface area contributed by atoms with E-state index in [1.807, 2.05) is 54.7 Å². The van der Waals surface area contributed by atoms with Gasteiger partial charge in [0.15, 0.2) is 0 Å². The smallest absolute Gasteiger partial charge is 0.138 e. The Hall–Kier alpha value is -3.54. The SMILES string of the molecule is COc1cc(Oc2ccnc3cc(OC)ccc23)cc(-n2cccn2)c1. The van der Waals surface area contributed by atoms with Gasteiger partial charge in [-0.3, -0.25) is 4.98 Å². The van der Waals surface area contributed by atoms with Crippen molar-refractivity contribution in [2.75, 3.05) is 14.2 Å². The summed E-state index contributed by atoms with van der Waals surface area (Å²) in [6.07, 6.45) is 5.31. The maximum atomic E-state index is 6.14. The molecule has 4 aromatic rings. The lowest BCUT2D eigenvalue weighted by Gasteiger charge is -2.12. The van der Waals surface area contributed by atoms with Crippen molar-refractivity contribution in [2.24, 2.45) is 0 Å². The number of rotatable bonds is 5. The van der Waals surface area contributed by atoms with Crippen molar-refractivity contribution < 1.29 is 14.2 Å². The van der Waals surface area contributed by atoms with Crippen molar-refractivity contribution >= 4 is 10.9 Å². The van der Waals surface area contributed by atoms with Gasteiger partial charge in [0, 0.05) is 48.2 Å². The molecule has 2 heterocycles. The minimum Gasteiger partial charge on any atom is -0.497 e. The van der Waals surface area contributed by atoms with Crippen LogP contribution in [0.5, 0.6) is 23.0 Å². The minimum atomic E-state index is 0.651. The Morgan fingerprint density at radius 1 is 0.846 bits per heavy atom. The number of ether oxygens (including phenoxy) is 3. The molecule has 0 saturated carbocycles. The van der Waals surface area contributed by atoms with E-state index in [0.29, 0.717) is 17.2 Å². The van der Waals surface area contributed by atoms with E-state index in [1.165, 1.54) is 0 Å². The van der Waals surface area contributed by atoms with Gasteiger partial charge in [0.1, 0.15) is 23.0 Å². The number of fused-ring (bicyclic) bond motifs is 1. The lowest BCUT2D eigenvalue weighted by molar-refractivity contribution is 0.409. The van der Waals surface area contributed by atoms with Crippen LogP contribution in [0.2, 0.25) is 0 Å². The fourth-order valence-corrected chi connectivity index (χ4v) is 2.73. The van der Waals surface area contributed by atoms with Crippen molar-refractivity contribution in [1.29, 1.82) is 0 Å². The second kappa shape index (κ2) is 6.76. The molecule has 0 aliphatic heterocycles. The van der Waals surface area contributed by atoms with Crippen molar-refractivity contribution in [2.45, 2.75) is 0 Å². The molecule has 0 radical (unpaired) electrons. The van der Waals surface area contributed by atoms with E-state index in [1.54, 1.807) is 31.3 Å². The van der Waals surface area contributed by atoms with Crippen LogP contribution in [0.1, 0.15) is 0 Å². The first-order valence-corrected chi connectivity index (χ1v) is 8.06. The molecule has 0 atom stereocenters. The zero-order valence-electron chi connectivity index (χ0n) is 14.4. The van der Waals surface area contributed by atoms with Crippen LogP contribution in [-0.4, -0.2) is 29.0 Å². The van der Waals surface area contributed by atoms with E-state index in [4.69, 9.17) is 14.2 Å². The van der Waals surface area contributed by atoms with E-state index >= 15 is 0 Å². The normalized spacial score (nSPS) is 10.7. The van der Waals surface area contributed by atoms with E-state index < -0.39 is 0 Å². The zero-order valence-corrected chi connectivity index (χ0v) is 14.4. The summed E-state index contributed by atoms with van der Waals surface area (Å²) in [5.74, 6) is 2.80. The fourth-order valence-electron chi connectivity index (χ4n) is 2.73. The Morgan fingerprint density at radius 2 is 1.69 bits per heavy atom. The molecule has 2 aromatic heterocycles. The molecule has 0 aliphatic carbocycles. The van der Waals surface area contributed by atoms with Crippen LogP contribution >= 0.6 is 0 Å². The highest BCUT2D eigenvalue weighted by atomic mass is 16.5. The van der Waals surface area contributed by atoms with Gasteiger partial charge >= 0.3 is 0 Å². The van der Waals surface area contributed by atoms with E-state index in [9.17, 15) is 0 Å². The molecule has 0 bridgehead atoms. The van der Waals surface area contributed by atoms with Crippen LogP contribution in [0, 0.1) is 0 Å². The topological polar surface area (TPSA) is 58.4 Å². The van der Waals surface area contributed by atoms with E-state index in [0.717, 1.165) is 22.3 Å². The second-order valence-electron chi connectivity index (χ2n) is 5.61. The molecule has 0 amide bonds. The molecular formula is C20H17N3O3. The monoisotopic (exact) mass is 347 g/mol. The lowest BCUT2D eigenvalue weighted by atomic mass is 10.2. The predicted octanol–water partition coefficient (Wildman–Crippen LogP) is 4.23. The third kappa shape index (κ3) is 3.04. The third-order valence-corrected chi connectivity index (χ3v) is 4.01. The van der Waals surface area contributed by atoms with Crippen LogP contribution < -0.4 is 14.2 Å². The zero-order chi connectivity index (χ0) is 17.9. The van der Waals surface area contributed by atoms with Gasteiger partial charge in [-0.2, -0.15) is 5.10 Å². The second-order valence-corrected chi connectivity index (χ2v) is 5.61. The number of aromatic nitrogens is 3. The summed E-state index contributed by atoms with van der Waals surface area (Å²) in [6.45, 7) is 0. The molecule has 4 rings (SSSR count). The number of hydrogen-bond acceptors (Lipinski definition) is 5. The van der Waals surface area contributed by atoms with Crippen LogP contribution in [-0.2, 0) is 0 Å². The van der Waals surface area contributed by atoms with Gasteiger partial charge < -0.3 is 14.2 Å². The molecule has 6 nitrogen and oxygen atoms in total. The number of benzene rings is 2. The van der Waals surface area contributed by atoms with Gasteiger partial charge in [0.05, 0.1) is 25.4 Å². The average molecular weight is 347 g/mol. The van der Waals surface area contributed by atoms with E-state index in [-0.39, 0.29) is 0 Å². The molecule has 0 saturated heterocycles. The molecular weight excluding hydrogens is 330 g/mol. The predicted molar refractivity (Wildman–Crippen MR) is 98.5 cm³/mol. The Balaban J connectivity index is 1.75. The largest absolute Gasteiger partial charge is 0.497 e. The number of pyridine rings is 1. The first-order valence-electron chi connectivity index (χ1n) is 8.06. The summed E-state index contributed by atoms with van der Waals surface area (Å²) in [7, 11) is 3.26. The molecule has 6 heteroatoms. The van der Waals surface area contributed by atoms with Gasteiger partial charge in [0.25, 0.3) is 0 Å². The Morgan fingerprint density at radius 3 is 2.46 bits per heavy atom. The molecule has 0 spiro atoms. The quantitative estimate of drug-likeness (QED) is 0.541. The van der Waals surface area contributed by atoms with E-state index in [2.05, 4.69) is 10.1 Å². The molecule has 2 aromatic carbocycles. The average Bonchev–Trinajstić information content (AvgIpc) is 3.22. The van der Waals surface area contributed by atoms with Gasteiger partial charge in [-0.25, -0.2) is 4.68 Å². The van der Waals surface area contributed by atoms with Gasteiger partial charge in [-0.15, -0.1) is 0 Å². The Labute approximate surface area is 150 Å². The molecule has 0 aliphatic rings. The Kier molecular flexibility index (Phi) is 4.15. The summed E-state index contributed by atoms with van der Waals surface area (Å²) in [5, 5.41) is 5.16. The van der Waals surface area contributed by atoms with Crippen molar-refractivity contribution in [3.8, 4) is 28.7 Å². The molecule has 26 heavy (non-hydrogen) atoms. The van der Waals surface area contributed by atoms with Crippen LogP contribution in [0.25, 0.3) is 16.6 Å². The minimum absolute atomic E-state index is 0.651. The fraction of sp³-hybridized carbons (Fsp3) is 0.100. The van der Waals surface area contributed by atoms with Gasteiger partial charge in [-0.1, -0.05) is 0 Å². The Bertz CT molecular complexity index is 1050. The number of nitrogens with zero attached hydrogens (tertiary/aromatic N) is 3. The molecule has 0 N–H and O–H groups in total. The summed E-state index contributed by atoms with van der Waals surface area (Å²) < 4.78 is 18.6. The molecule has 130 valence electrons. The van der Waals surface area contributed by atoms with Crippen molar-refractivity contribution in [3.05, 3.63) is 67.1 Å². The summed E-state index contributed by atoms with van der Waals surface area (Å²) in [6, 6.07) is 15.0. The standard InChI is InChI=1S/C20H17N3O3/c1-24-15-4-5-18-19(13-15)21-8-6-20(18)26-17-11-14(10-16(12-17)25-2)23-9-3-7-22-23/h3-13H,1-2H3. The molecule has 0 unspecified atom stereocenters. The summed E-state index contributed by atoms with van der Waals surface area (Å²) >= 11 is 0. The first kappa shape index (κ1) is 16.0.